The predicted octanol–water partition coefficient (Wildman–Crippen LogP) is 2.27. The molecule has 82 valence electrons. The topological polar surface area (TPSA) is 64.2 Å². The molecular weight excluding hydrogens is 202 g/mol. The predicted molar refractivity (Wildman–Crippen MR) is 65.3 cm³/mol. The van der Waals surface area contributed by atoms with Gasteiger partial charge in [0.15, 0.2) is 5.84 Å². The van der Waals surface area contributed by atoms with E-state index >= 15 is 0 Å². The van der Waals surface area contributed by atoms with E-state index in [1.165, 1.54) is 0 Å². The van der Waals surface area contributed by atoms with Gasteiger partial charge in [-0.15, -0.1) is 5.11 Å². The number of aliphatic imine (C=N–C) groups is 1. The smallest absolute Gasteiger partial charge is 0.190 e. The molecule has 0 aromatic heterocycles. The van der Waals surface area contributed by atoms with E-state index < -0.39 is 0 Å². The molecule has 0 aliphatic carbocycles. The third kappa shape index (κ3) is 2.13. The van der Waals surface area contributed by atoms with Crippen LogP contribution in [0.4, 0.5) is 11.4 Å². The van der Waals surface area contributed by atoms with Crippen LogP contribution >= 0.6 is 0 Å². The van der Waals surface area contributed by atoms with Crippen LogP contribution in [-0.2, 0) is 0 Å². The van der Waals surface area contributed by atoms with Crippen molar-refractivity contribution in [2.75, 3.05) is 25.5 Å². The lowest BCUT2D eigenvalue weighted by Gasteiger charge is -2.11. The van der Waals surface area contributed by atoms with Crippen molar-refractivity contribution in [2.45, 2.75) is 0 Å². The maximum atomic E-state index is 7.47. The van der Waals surface area contributed by atoms with Crippen LogP contribution < -0.4 is 4.90 Å². The summed E-state index contributed by atoms with van der Waals surface area (Å²) >= 11 is 0. The number of amidine groups is 1. The molecule has 1 aliphatic heterocycles. The molecule has 0 radical (unpaired) electrons. The molecule has 1 aliphatic rings. The lowest BCUT2D eigenvalue weighted by molar-refractivity contribution is 1.13. The summed E-state index contributed by atoms with van der Waals surface area (Å²) in [5.74, 6) is 0.164. The maximum Gasteiger partial charge on any atom is 0.190 e. The Morgan fingerprint density at radius 1 is 1.25 bits per heavy atom. The van der Waals surface area contributed by atoms with E-state index in [-0.39, 0.29) is 5.84 Å². The van der Waals surface area contributed by atoms with Crippen LogP contribution in [0.2, 0.25) is 0 Å². The molecule has 5 nitrogen and oxygen atoms in total. The van der Waals surface area contributed by atoms with Gasteiger partial charge in [-0.1, -0.05) is 0 Å². The van der Waals surface area contributed by atoms with E-state index in [9.17, 15) is 0 Å². The van der Waals surface area contributed by atoms with Gasteiger partial charge < -0.3 is 4.90 Å². The van der Waals surface area contributed by atoms with Gasteiger partial charge in [-0.25, -0.2) is 4.99 Å². The fourth-order valence-corrected chi connectivity index (χ4v) is 1.38. The Hall–Kier alpha value is -2.04. The number of rotatable bonds is 2. The van der Waals surface area contributed by atoms with Gasteiger partial charge in [0.05, 0.1) is 5.69 Å². The first-order valence-corrected chi connectivity index (χ1v) is 4.98. The molecule has 1 heterocycles. The van der Waals surface area contributed by atoms with Gasteiger partial charge in [-0.2, -0.15) is 5.11 Å². The zero-order valence-electron chi connectivity index (χ0n) is 9.31. The van der Waals surface area contributed by atoms with Gasteiger partial charge in [-0.05, 0) is 24.3 Å². The minimum atomic E-state index is 0.164. The second-order valence-corrected chi connectivity index (χ2v) is 3.72. The van der Waals surface area contributed by atoms with Gasteiger partial charge >= 0.3 is 0 Å². The summed E-state index contributed by atoms with van der Waals surface area (Å²) in [6, 6.07) is 7.83. The largest absolute Gasteiger partial charge is 0.378 e. The van der Waals surface area contributed by atoms with E-state index in [1.54, 1.807) is 0 Å². The Balaban J connectivity index is 2.20. The minimum Gasteiger partial charge on any atom is -0.378 e. The summed E-state index contributed by atoms with van der Waals surface area (Å²) in [6.07, 6.45) is 0. The van der Waals surface area contributed by atoms with Crippen LogP contribution in [0, 0.1) is 5.41 Å². The molecule has 0 unspecified atom stereocenters. The molecule has 1 N–H and O–H groups in total. The molecule has 0 saturated heterocycles. The highest BCUT2D eigenvalue weighted by atomic mass is 15.2. The molecule has 0 amide bonds. The van der Waals surface area contributed by atoms with Gasteiger partial charge in [0.25, 0.3) is 0 Å². The highest BCUT2D eigenvalue weighted by Crippen LogP contribution is 2.19. The Morgan fingerprint density at radius 2 is 1.94 bits per heavy atom. The van der Waals surface area contributed by atoms with E-state index in [4.69, 9.17) is 5.41 Å². The van der Waals surface area contributed by atoms with Crippen LogP contribution in [0.25, 0.3) is 0 Å². The highest BCUT2D eigenvalue weighted by molar-refractivity contribution is 6.42. The van der Waals surface area contributed by atoms with Crippen LogP contribution in [0.15, 0.2) is 39.5 Å². The van der Waals surface area contributed by atoms with Gasteiger partial charge in [0, 0.05) is 19.8 Å². The van der Waals surface area contributed by atoms with E-state index in [1.807, 2.05) is 43.3 Å². The van der Waals surface area contributed by atoms with E-state index in [0.717, 1.165) is 11.4 Å². The fraction of sp³-hybridized carbons (Fsp3) is 0.273. The van der Waals surface area contributed by atoms with Crippen LogP contribution in [-0.4, -0.2) is 32.2 Å². The lowest BCUT2D eigenvalue weighted by Crippen LogP contribution is -2.08. The summed E-state index contributed by atoms with van der Waals surface area (Å²) in [5, 5.41) is 14.8. The summed E-state index contributed by atoms with van der Waals surface area (Å²) in [7, 11) is 3.98. The number of azo groups is 1. The quantitative estimate of drug-likeness (QED) is 0.808. The third-order valence-electron chi connectivity index (χ3n) is 2.29. The highest BCUT2D eigenvalue weighted by Gasteiger charge is 2.11. The standard InChI is InChI=1S/C11H13N5/c1-16(2)9-5-3-8(4-6-9)14-10-7-13-15-11(10)12/h3-6,12H,7H2,1-2H3. The molecule has 5 heteroatoms. The molecule has 0 spiro atoms. The molecule has 0 fully saturated rings. The molecule has 1 aromatic carbocycles. The Labute approximate surface area is 94.0 Å². The van der Waals surface area contributed by atoms with Gasteiger partial charge in [0.2, 0.25) is 0 Å². The zero-order chi connectivity index (χ0) is 11.5. The molecule has 0 atom stereocenters. The Kier molecular flexibility index (Phi) is 2.76. The number of hydrogen-bond donors (Lipinski definition) is 1. The second-order valence-electron chi connectivity index (χ2n) is 3.72. The molecule has 1 aromatic rings. The number of anilines is 1. The molecular formula is C11H13N5. The van der Waals surface area contributed by atoms with E-state index in [2.05, 4.69) is 15.2 Å². The van der Waals surface area contributed by atoms with Crippen molar-refractivity contribution < 1.29 is 0 Å². The molecule has 16 heavy (non-hydrogen) atoms. The second kappa shape index (κ2) is 4.22. The Bertz CT molecular complexity index is 456. The third-order valence-corrected chi connectivity index (χ3v) is 2.29. The Morgan fingerprint density at radius 3 is 2.44 bits per heavy atom. The fourth-order valence-electron chi connectivity index (χ4n) is 1.38. The van der Waals surface area contributed by atoms with Gasteiger partial charge in [0.1, 0.15) is 12.3 Å². The summed E-state index contributed by atoms with van der Waals surface area (Å²) in [4.78, 5) is 6.35. The van der Waals surface area contributed by atoms with Crippen LogP contribution in [0.1, 0.15) is 0 Å². The van der Waals surface area contributed by atoms with E-state index in [0.29, 0.717) is 12.3 Å². The van der Waals surface area contributed by atoms with Crippen LogP contribution in [0.3, 0.4) is 0 Å². The summed E-state index contributed by atoms with van der Waals surface area (Å²) in [5.41, 5.74) is 2.58. The average Bonchev–Trinajstić information content (AvgIpc) is 2.65. The first-order chi connectivity index (χ1) is 7.66. The molecule has 2 rings (SSSR count). The summed E-state index contributed by atoms with van der Waals surface area (Å²) in [6.45, 7) is 0.411. The minimum absolute atomic E-state index is 0.164. The summed E-state index contributed by atoms with van der Waals surface area (Å²) < 4.78 is 0. The van der Waals surface area contributed by atoms with Crippen molar-refractivity contribution in [3.05, 3.63) is 24.3 Å². The van der Waals surface area contributed by atoms with Crippen LogP contribution in [0.5, 0.6) is 0 Å². The SMILES string of the molecule is CN(C)c1ccc(N=C2CN=NC2=N)cc1. The first kappa shape index (κ1) is 10.5. The molecule has 0 saturated carbocycles. The lowest BCUT2D eigenvalue weighted by atomic mass is 10.2. The number of nitrogens with zero attached hydrogens (tertiary/aromatic N) is 4. The normalized spacial score (nSPS) is 17.1. The number of benzene rings is 1. The average molecular weight is 215 g/mol. The van der Waals surface area contributed by atoms with Crippen molar-refractivity contribution in [1.82, 2.24) is 0 Å². The van der Waals surface area contributed by atoms with Crippen molar-refractivity contribution in [1.29, 1.82) is 5.41 Å². The van der Waals surface area contributed by atoms with Crippen molar-refractivity contribution in [3.8, 4) is 0 Å². The number of nitrogens with one attached hydrogen (secondary N) is 1. The zero-order valence-corrected chi connectivity index (χ0v) is 9.31. The monoisotopic (exact) mass is 215 g/mol. The van der Waals surface area contributed by atoms with Crippen molar-refractivity contribution >= 4 is 22.9 Å². The van der Waals surface area contributed by atoms with Gasteiger partial charge in [-0.3, -0.25) is 5.41 Å². The van der Waals surface area contributed by atoms with Crippen molar-refractivity contribution in [2.24, 2.45) is 15.2 Å². The molecule has 0 bridgehead atoms. The van der Waals surface area contributed by atoms with Crippen molar-refractivity contribution in [3.63, 3.8) is 0 Å². The number of hydrogen-bond acceptors (Lipinski definition) is 4. The maximum absolute atomic E-state index is 7.47. The first-order valence-electron chi connectivity index (χ1n) is 4.98.